The van der Waals surface area contributed by atoms with Gasteiger partial charge in [-0.15, -0.1) is 0 Å². The van der Waals surface area contributed by atoms with Gasteiger partial charge in [-0.1, -0.05) is 12.1 Å². The minimum atomic E-state index is -5.48. The van der Waals surface area contributed by atoms with Crippen LogP contribution in [0.4, 0.5) is 0 Å². The number of carbonyl (C=O) groups excluding carboxylic acids is 1. The number of Topliss-reactive ketones (excluding diaryl/α,β-unsaturated/α-hetero) is 1. The fourth-order valence-electron chi connectivity index (χ4n) is 2.10. The smallest absolute Gasteiger partial charge is 0.170 e. The van der Waals surface area contributed by atoms with Crippen LogP contribution in [0.3, 0.4) is 0 Å². The van der Waals surface area contributed by atoms with E-state index >= 15 is 0 Å². The summed E-state index contributed by atoms with van der Waals surface area (Å²) in [5.74, 6) is -2.60. The van der Waals surface area contributed by atoms with Crippen molar-refractivity contribution >= 4 is 13.6 Å². The van der Waals surface area contributed by atoms with Gasteiger partial charge in [0.2, 0.25) is 0 Å². The SMILES string of the molecule is O=C(CCc1ccc(O)cc1)c1c(O)cc(O)cc1OP(=O)([O-])[O-]. The van der Waals surface area contributed by atoms with Gasteiger partial charge in [0.15, 0.2) is 5.78 Å². The van der Waals surface area contributed by atoms with Crippen molar-refractivity contribution in [2.24, 2.45) is 0 Å². The first-order chi connectivity index (χ1) is 11.2. The van der Waals surface area contributed by atoms with Crippen LogP contribution >= 0.6 is 7.82 Å². The normalized spacial score (nSPS) is 11.2. The summed E-state index contributed by atoms with van der Waals surface area (Å²) in [4.78, 5) is 33.8. The van der Waals surface area contributed by atoms with Crippen molar-refractivity contribution in [3.05, 3.63) is 47.5 Å². The van der Waals surface area contributed by atoms with E-state index in [1.807, 2.05) is 0 Å². The number of benzene rings is 2. The van der Waals surface area contributed by atoms with Gasteiger partial charge in [-0.2, -0.15) is 0 Å². The number of phosphoric ester groups is 1. The molecule has 0 radical (unpaired) electrons. The van der Waals surface area contributed by atoms with E-state index in [2.05, 4.69) is 4.52 Å². The van der Waals surface area contributed by atoms with E-state index in [0.29, 0.717) is 0 Å². The van der Waals surface area contributed by atoms with Crippen LogP contribution in [-0.4, -0.2) is 21.1 Å². The second kappa shape index (κ2) is 6.92. The van der Waals surface area contributed by atoms with Gasteiger partial charge < -0.3 is 34.2 Å². The lowest BCUT2D eigenvalue weighted by atomic mass is 10.0. The van der Waals surface area contributed by atoms with Crippen LogP contribution in [0.25, 0.3) is 0 Å². The van der Waals surface area contributed by atoms with Crippen molar-refractivity contribution in [1.29, 1.82) is 0 Å². The average Bonchev–Trinajstić information content (AvgIpc) is 2.44. The lowest BCUT2D eigenvalue weighted by Crippen LogP contribution is -2.19. The van der Waals surface area contributed by atoms with Crippen molar-refractivity contribution in [3.8, 4) is 23.0 Å². The first kappa shape index (κ1) is 17.8. The molecule has 24 heavy (non-hydrogen) atoms. The maximum Gasteiger partial charge on any atom is 0.170 e. The number of aromatic hydroxyl groups is 3. The molecule has 0 aliphatic rings. The molecule has 3 N–H and O–H groups in total. The van der Waals surface area contributed by atoms with Gasteiger partial charge in [-0.05, 0) is 24.1 Å². The molecule has 0 aliphatic heterocycles. The Kier molecular flexibility index (Phi) is 5.14. The molecule has 9 heteroatoms. The summed E-state index contributed by atoms with van der Waals surface area (Å²) in [6, 6.07) is 7.67. The van der Waals surface area contributed by atoms with Crippen molar-refractivity contribution in [3.63, 3.8) is 0 Å². The molecule has 0 fully saturated rings. The van der Waals surface area contributed by atoms with E-state index in [1.54, 1.807) is 12.1 Å². The summed E-state index contributed by atoms with van der Waals surface area (Å²) >= 11 is 0. The first-order valence-electron chi connectivity index (χ1n) is 6.74. The summed E-state index contributed by atoms with van der Waals surface area (Å²) in [5.41, 5.74) is 0.221. The Morgan fingerprint density at radius 1 is 1.04 bits per heavy atom. The lowest BCUT2D eigenvalue weighted by molar-refractivity contribution is -0.333. The van der Waals surface area contributed by atoms with Gasteiger partial charge >= 0.3 is 0 Å². The summed E-state index contributed by atoms with van der Waals surface area (Å²) in [6.07, 6.45) is 0.118. The molecule has 8 nitrogen and oxygen atoms in total. The molecule has 0 heterocycles. The third-order valence-electron chi connectivity index (χ3n) is 3.13. The largest absolute Gasteiger partial charge is 0.780 e. The van der Waals surface area contributed by atoms with Crippen LogP contribution in [0.2, 0.25) is 0 Å². The molecule has 0 saturated carbocycles. The number of hydrogen-bond donors (Lipinski definition) is 3. The number of carbonyl (C=O) groups is 1. The van der Waals surface area contributed by atoms with Crippen molar-refractivity contribution < 1.29 is 39.0 Å². The molecule has 2 aromatic carbocycles. The molecule has 0 atom stereocenters. The van der Waals surface area contributed by atoms with Crippen molar-refractivity contribution in [2.45, 2.75) is 12.8 Å². The van der Waals surface area contributed by atoms with Crippen LogP contribution in [-0.2, 0) is 11.0 Å². The molecule has 0 spiro atoms. The predicted octanol–water partition coefficient (Wildman–Crippen LogP) is 0.826. The fraction of sp³-hybridized carbons (Fsp3) is 0.133. The Bertz CT molecular complexity index is 794. The molecular weight excluding hydrogens is 339 g/mol. The number of ketones is 1. The monoisotopic (exact) mass is 352 g/mol. The standard InChI is InChI=1S/C15H15O8P/c16-10-4-1-9(2-5-10)3-6-12(18)15-13(19)7-11(17)8-14(15)23-24(20,21)22/h1-2,4-5,7-8,16-17,19H,3,6H2,(H2,20,21,22)/p-2. The van der Waals surface area contributed by atoms with Gasteiger partial charge in [0.05, 0.1) is 0 Å². The molecule has 128 valence electrons. The highest BCUT2D eigenvalue weighted by Crippen LogP contribution is 2.39. The first-order valence-corrected chi connectivity index (χ1v) is 8.20. The second-order valence-electron chi connectivity index (χ2n) is 4.97. The quantitative estimate of drug-likeness (QED) is 0.511. The number of hydrogen-bond acceptors (Lipinski definition) is 8. The second-order valence-corrected chi connectivity index (χ2v) is 6.04. The molecule has 2 aromatic rings. The van der Waals surface area contributed by atoms with Crippen LogP contribution in [0, 0.1) is 0 Å². The molecule has 0 unspecified atom stereocenters. The molecule has 0 saturated heterocycles. The van der Waals surface area contributed by atoms with Gasteiger partial charge in [-0.25, -0.2) is 0 Å². The van der Waals surface area contributed by atoms with E-state index in [0.717, 1.165) is 17.7 Å². The van der Waals surface area contributed by atoms with E-state index < -0.39 is 36.4 Å². The zero-order valence-corrected chi connectivity index (χ0v) is 13.1. The van der Waals surface area contributed by atoms with Crippen LogP contribution in [0.5, 0.6) is 23.0 Å². The van der Waals surface area contributed by atoms with Gasteiger partial charge in [0.25, 0.3) is 0 Å². The van der Waals surface area contributed by atoms with E-state index in [-0.39, 0.29) is 18.6 Å². The predicted molar refractivity (Wildman–Crippen MR) is 78.8 cm³/mol. The zero-order valence-electron chi connectivity index (χ0n) is 12.2. The Hall–Kier alpha value is -2.54. The van der Waals surface area contributed by atoms with E-state index in [1.165, 1.54) is 12.1 Å². The number of rotatable bonds is 6. The number of phenolic OH excluding ortho intramolecular Hbond substituents is 3. The van der Waals surface area contributed by atoms with Crippen LogP contribution in [0.1, 0.15) is 22.3 Å². The summed E-state index contributed by atoms with van der Waals surface area (Å²) in [6.45, 7) is 0. The molecule has 0 bridgehead atoms. The van der Waals surface area contributed by atoms with Gasteiger partial charge in [-0.3, -0.25) is 4.79 Å². The third-order valence-corrected chi connectivity index (χ3v) is 3.55. The maximum atomic E-state index is 12.3. The Morgan fingerprint density at radius 2 is 1.67 bits per heavy atom. The van der Waals surface area contributed by atoms with E-state index in [9.17, 15) is 34.5 Å². The Balaban J connectivity index is 2.24. The van der Waals surface area contributed by atoms with Crippen LogP contribution < -0.4 is 14.3 Å². The highest BCUT2D eigenvalue weighted by Gasteiger charge is 2.20. The summed E-state index contributed by atoms with van der Waals surface area (Å²) in [7, 11) is -5.48. The average molecular weight is 352 g/mol. The Morgan fingerprint density at radius 3 is 2.25 bits per heavy atom. The summed E-state index contributed by atoms with van der Waals surface area (Å²) < 4.78 is 14.9. The van der Waals surface area contributed by atoms with E-state index in [4.69, 9.17) is 0 Å². The number of aryl methyl sites for hydroxylation is 1. The zero-order chi connectivity index (χ0) is 17.9. The third kappa shape index (κ3) is 4.73. The van der Waals surface area contributed by atoms with Crippen molar-refractivity contribution in [1.82, 2.24) is 0 Å². The molecule has 2 rings (SSSR count). The molecular formula is C15H13O8P-2. The van der Waals surface area contributed by atoms with Crippen molar-refractivity contribution in [2.75, 3.05) is 0 Å². The number of phosphoric acid groups is 1. The molecule has 0 aromatic heterocycles. The maximum absolute atomic E-state index is 12.3. The lowest BCUT2D eigenvalue weighted by Gasteiger charge is -2.30. The summed E-state index contributed by atoms with van der Waals surface area (Å²) in [5, 5.41) is 28.3. The minimum absolute atomic E-state index is 0.0681. The van der Waals surface area contributed by atoms with Crippen LogP contribution in [0.15, 0.2) is 36.4 Å². The molecule has 0 amide bonds. The highest BCUT2D eigenvalue weighted by atomic mass is 31.2. The minimum Gasteiger partial charge on any atom is -0.780 e. The van der Waals surface area contributed by atoms with Gasteiger partial charge in [0.1, 0.15) is 36.4 Å². The fourth-order valence-corrected chi connectivity index (χ4v) is 2.49. The number of phenols is 3. The van der Waals surface area contributed by atoms with Gasteiger partial charge in [0, 0.05) is 18.6 Å². The highest BCUT2D eigenvalue weighted by molar-refractivity contribution is 7.43. The molecule has 0 aliphatic carbocycles. The Labute approximate surface area is 136 Å². The topological polar surface area (TPSA) is 150 Å².